The number of nitrogens with one attached hydrogen (secondary N) is 2. The van der Waals surface area contributed by atoms with Crippen LogP contribution in [0.4, 0.5) is 11.6 Å². The molecule has 0 aliphatic rings. The molecular formula is C11H14Cl2N6. The Hall–Kier alpha value is -1.50. The number of rotatable bonds is 5. The molecule has 0 bridgehead atoms. The van der Waals surface area contributed by atoms with Gasteiger partial charge >= 0.3 is 0 Å². The average molecular weight is 301 g/mol. The van der Waals surface area contributed by atoms with Crippen LogP contribution in [-0.2, 0) is 6.54 Å². The van der Waals surface area contributed by atoms with Crippen LogP contribution in [0, 0.1) is 0 Å². The summed E-state index contributed by atoms with van der Waals surface area (Å²) >= 11 is 12.0. The molecule has 8 heteroatoms. The molecular weight excluding hydrogens is 287 g/mol. The van der Waals surface area contributed by atoms with Crippen molar-refractivity contribution in [2.24, 2.45) is 5.84 Å². The van der Waals surface area contributed by atoms with Gasteiger partial charge in [-0.25, -0.2) is 10.8 Å². The highest BCUT2D eigenvalue weighted by Gasteiger charge is 2.11. The lowest BCUT2D eigenvalue weighted by molar-refractivity contribution is 0.560. The van der Waals surface area contributed by atoms with E-state index in [-0.39, 0.29) is 6.04 Å². The molecule has 1 unspecified atom stereocenters. The molecule has 2 rings (SSSR count). The number of nitrogen functional groups attached to an aromatic ring is 1. The van der Waals surface area contributed by atoms with Crippen molar-refractivity contribution < 1.29 is 0 Å². The number of nitrogens with two attached hydrogens (primary N) is 1. The van der Waals surface area contributed by atoms with Gasteiger partial charge in [0.2, 0.25) is 0 Å². The molecule has 2 heterocycles. The quantitative estimate of drug-likeness (QED) is 0.583. The van der Waals surface area contributed by atoms with Gasteiger partial charge in [0.05, 0.1) is 16.6 Å². The predicted molar refractivity (Wildman–Crippen MR) is 77.4 cm³/mol. The smallest absolute Gasteiger partial charge is 0.161 e. The Kier molecular flexibility index (Phi) is 4.47. The highest BCUT2D eigenvalue weighted by molar-refractivity contribution is 6.37. The van der Waals surface area contributed by atoms with E-state index < -0.39 is 0 Å². The van der Waals surface area contributed by atoms with Gasteiger partial charge in [-0.1, -0.05) is 23.2 Å². The third-order valence-electron chi connectivity index (χ3n) is 2.47. The first-order valence-electron chi connectivity index (χ1n) is 5.66. The Morgan fingerprint density at radius 1 is 1.37 bits per heavy atom. The summed E-state index contributed by atoms with van der Waals surface area (Å²) in [7, 11) is 0. The van der Waals surface area contributed by atoms with Crippen LogP contribution in [0.2, 0.25) is 10.0 Å². The molecule has 2 aromatic rings. The van der Waals surface area contributed by atoms with Crippen molar-refractivity contribution >= 4 is 34.8 Å². The first-order chi connectivity index (χ1) is 9.10. The minimum atomic E-state index is 0.0942. The summed E-state index contributed by atoms with van der Waals surface area (Å²) in [6.45, 7) is 2.70. The zero-order valence-corrected chi connectivity index (χ0v) is 11.8. The SMILES string of the molecule is CC(Cn1cccn1)Nc1nc(NN)c(Cl)cc1Cl. The molecule has 0 amide bonds. The fourth-order valence-electron chi connectivity index (χ4n) is 1.64. The van der Waals surface area contributed by atoms with Gasteiger partial charge in [-0.15, -0.1) is 0 Å². The molecule has 0 spiro atoms. The van der Waals surface area contributed by atoms with E-state index in [0.29, 0.717) is 28.2 Å². The van der Waals surface area contributed by atoms with Gasteiger partial charge < -0.3 is 10.7 Å². The minimum absolute atomic E-state index is 0.0942. The molecule has 0 aromatic carbocycles. The van der Waals surface area contributed by atoms with E-state index >= 15 is 0 Å². The number of halogens is 2. The summed E-state index contributed by atoms with van der Waals surface area (Å²) in [5.74, 6) is 6.23. The zero-order valence-electron chi connectivity index (χ0n) is 10.3. The molecule has 4 N–H and O–H groups in total. The van der Waals surface area contributed by atoms with Gasteiger partial charge in [0, 0.05) is 18.4 Å². The summed E-state index contributed by atoms with van der Waals surface area (Å²) in [6, 6.07) is 3.56. The van der Waals surface area contributed by atoms with Crippen molar-refractivity contribution in [3.05, 3.63) is 34.6 Å². The van der Waals surface area contributed by atoms with E-state index in [9.17, 15) is 0 Å². The fourth-order valence-corrected chi connectivity index (χ4v) is 2.10. The number of hydrogen-bond acceptors (Lipinski definition) is 5. The van der Waals surface area contributed by atoms with E-state index in [1.165, 1.54) is 0 Å². The van der Waals surface area contributed by atoms with Crippen molar-refractivity contribution in [2.75, 3.05) is 10.7 Å². The van der Waals surface area contributed by atoms with Crippen LogP contribution >= 0.6 is 23.2 Å². The normalized spacial score (nSPS) is 12.2. The third-order valence-corrected chi connectivity index (χ3v) is 3.05. The highest BCUT2D eigenvalue weighted by Crippen LogP contribution is 2.29. The van der Waals surface area contributed by atoms with Crippen molar-refractivity contribution in [1.82, 2.24) is 14.8 Å². The second kappa shape index (κ2) is 6.10. The van der Waals surface area contributed by atoms with Gasteiger partial charge in [-0.05, 0) is 19.1 Å². The van der Waals surface area contributed by atoms with Crippen LogP contribution in [0.3, 0.4) is 0 Å². The van der Waals surface area contributed by atoms with E-state index in [1.54, 1.807) is 12.3 Å². The zero-order chi connectivity index (χ0) is 13.8. The van der Waals surface area contributed by atoms with Crippen LogP contribution in [0.15, 0.2) is 24.5 Å². The second-order valence-corrected chi connectivity index (χ2v) is 4.88. The fraction of sp³-hybridized carbons (Fsp3) is 0.273. The summed E-state index contributed by atoms with van der Waals surface area (Å²) in [6.07, 6.45) is 3.62. The summed E-state index contributed by atoms with van der Waals surface area (Å²) in [5.41, 5.74) is 2.42. The summed E-state index contributed by atoms with van der Waals surface area (Å²) in [5, 5.41) is 8.14. The molecule has 1 atom stereocenters. The molecule has 0 fully saturated rings. The maximum absolute atomic E-state index is 6.08. The molecule has 0 aliphatic carbocycles. The molecule has 2 aromatic heterocycles. The van der Waals surface area contributed by atoms with Gasteiger partial charge in [0.25, 0.3) is 0 Å². The maximum atomic E-state index is 6.08. The number of hydrogen-bond donors (Lipinski definition) is 3. The van der Waals surface area contributed by atoms with Crippen molar-refractivity contribution in [1.29, 1.82) is 0 Å². The lowest BCUT2D eigenvalue weighted by atomic mass is 10.3. The number of hydrazine groups is 1. The summed E-state index contributed by atoms with van der Waals surface area (Å²) in [4.78, 5) is 4.22. The van der Waals surface area contributed by atoms with E-state index in [2.05, 4.69) is 20.8 Å². The highest BCUT2D eigenvalue weighted by atomic mass is 35.5. The van der Waals surface area contributed by atoms with Gasteiger partial charge in [-0.3, -0.25) is 4.68 Å². The molecule has 19 heavy (non-hydrogen) atoms. The van der Waals surface area contributed by atoms with Crippen LogP contribution < -0.4 is 16.6 Å². The number of pyridine rings is 1. The Bertz CT molecular complexity index is 542. The molecule has 0 saturated heterocycles. The van der Waals surface area contributed by atoms with Gasteiger partial charge in [-0.2, -0.15) is 5.10 Å². The van der Waals surface area contributed by atoms with Crippen molar-refractivity contribution in [2.45, 2.75) is 19.5 Å². The van der Waals surface area contributed by atoms with Gasteiger partial charge in [0.15, 0.2) is 5.82 Å². The van der Waals surface area contributed by atoms with Crippen LogP contribution in [0.1, 0.15) is 6.92 Å². The first-order valence-corrected chi connectivity index (χ1v) is 6.42. The third kappa shape index (κ3) is 3.50. The topological polar surface area (TPSA) is 80.8 Å². The standard InChI is InChI=1S/C11H14Cl2N6/c1-7(6-19-4-2-3-15-19)16-10-8(12)5-9(13)11(17-10)18-14/h2-5,7H,6,14H2,1H3,(H2,16,17,18). The van der Waals surface area contributed by atoms with Crippen molar-refractivity contribution in [3.63, 3.8) is 0 Å². The molecule has 0 radical (unpaired) electrons. The molecule has 102 valence electrons. The van der Waals surface area contributed by atoms with E-state index in [1.807, 2.05) is 23.9 Å². The largest absolute Gasteiger partial charge is 0.364 e. The Labute approximate surface area is 120 Å². The first kappa shape index (κ1) is 13.9. The summed E-state index contributed by atoms with van der Waals surface area (Å²) < 4.78 is 1.82. The van der Waals surface area contributed by atoms with Crippen LogP contribution in [0.5, 0.6) is 0 Å². The Morgan fingerprint density at radius 3 is 2.74 bits per heavy atom. The molecule has 0 saturated carbocycles. The lowest BCUT2D eigenvalue weighted by Crippen LogP contribution is -2.23. The van der Waals surface area contributed by atoms with E-state index in [4.69, 9.17) is 29.0 Å². The monoisotopic (exact) mass is 300 g/mol. The number of anilines is 2. The van der Waals surface area contributed by atoms with Gasteiger partial charge in [0.1, 0.15) is 5.82 Å². The van der Waals surface area contributed by atoms with Crippen LogP contribution in [-0.4, -0.2) is 20.8 Å². The van der Waals surface area contributed by atoms with Crippen molar-refractivity contribution in [3.8, 4) is 0 Å². The molecule has 6 nitrogen and oxygen atoms in total. The Balaban J connectivity index is 2.09. The molecule has 0 aliphatic heterocycles. The van der Waals surface area contributed by atoms with E-state index in [0.717, 1.165) is 0 Å². The van der Waals surface area contributed by atoms with Crippen LogP contribution in [0.25, 0.3) is 0 Å². The Morgan fingerprint density at radius 2 is 2.11 bits per heavy atom. The second-order valence-electron chi connectivity index (χ2n) is 4.07. The number of aromatic nitrogens is 3. The average Bonchev–Trinajstić information content (AvgIpc) is 2.85. The lowest BCUT2D eigenvalue weighted by Gasteiger charge is -2.16. The minimum Gasteiger partial charge on any atom is -0.364 e. The maximum Gasteiger partial charge on any atom is 0.161 e. The predicted octanol–water partition coefficient (Wildman–Crippen LogP) is 2.37. The number of nitrogens with zero attached hydrogens (tertiary/aromatic N) is 3.